The van der Waals surface area contributed by atoms with E-state index in [-0.39, 0.29) is 11.5 Å². The molecule has 3 heteroatoms. The number of hydrogen-bond donors (Lipinski definition) is 1. The Kier molecular flexibility index (Phi) is 3.58. The summed E-state index contributed by atoms with van der Waals surface area (Å²) in [6.45, 7) is 0. The number of phenols is 1. The van der Waals surface area contributed by atoms with E-state index >= 15 is 0 Å². The van der Waals surface area contributed by atoms with Gasteiger partial charge in [-0.3, -0.25) is 4.79 Å². The van der Waals surface area contributed by atoms with E-state index in [4.69, 9.17) is 0 Å². The lowest BCUT2D eigenvalue weighted by molar-refractivity contribution is 0.103. The van der Waals surface area contributed by atoms with Gasteiger partial charge in [-0.2, -0.15) is 0 Å². The van der Waals surface area contributed by atoms with Crippen LogP contribution < -0.4 is 0 Å². The second-order valence-corrected chi connectivity index (χ2v) is 6.57. The van der Waals surface area contributed by atoms with Gasteiger partial charge in [0.1, 0.15) is 5.75 Å². The minimum absolute atomic E-state index is 0.0391. The maximum atomic E-state index is 13.1. The van der Waals surface area contributed by atoms with Gasteiger partial charge in [0.25, 0.3) is 0 Å². The van der Waals surface area contributed by atoms with E-state index in [1.54, 1.807) is 12.1 Å². The van der Waals surface area contributed by atoms with Crippen molar-refractivity contribution in [3.05, 3.63) is 88.4 Å². The summed E-state index contributed by atoms with van der Waals surface area (Å²) in [6, 6.07) is 22.5. The number of hydrogen-bond acceptors (Lipinski definition) is 2. The Bertz CT molecular complexity index is 1080. The smallest absolute Gasteiger partial charge is 0.197 e. The number of halogens is 1. The topological polar surface area (TPSA) is 37.3 Å². The molecular formula is C21H13BrO2. The summed E-state index contributed by atoms with van der Waals surface area (Å²) in [4.78, 5) is 13.1. The fourth-order valence-corrected chi connectivity index (χ4v) is 3.36. The molecule has 0 aromatic heterocycles. The maximum absolute atomic E-state index is 13.1. The number of benzene rings is 4. The molecule has 0 atom stereocenters. The Hall–Kier alpha value is -2.65. The van der Waals surface area contributed by atoms with E-state index in [1.807, 2.05) is 60.7 Å². The van der Waals surface area contributed by atoms with Crippen molar-refractivity contribution in [2.24, 2.45) is 0 Å². The highest BCUT2D eigenvalue weighted by Gasteiger charge is 2.20. The summed E-state index contributed by atoms with van der Waals surface area (Å²) in [5.41, 5.74) is 0.903. The molecule has 0 amide bonds. The van der Waals surface area contributed by atoms with E-state index in [1.165, 1.54) is 0 Å². The maximum Gasteiger partial charge on any atom is 0.197 e. The van der Waals surface area contributed by atoms with Crippen LogP contribution in [0, 0.1) is 0 Å². The van der Waals surface area contributed by atoms with Crippen LogP contribution in [-0.4, -0.2) is 10.9 Å². The van der Waals surface area contributed by atoms with E-state index < -0.39 is 0 Å². The Balaban J connectivity index is 2.08. The van der Waals surface area contributed by atoms with Crippen LogP contribution in [-0.2, 0) is 0 Å². The number of phenolic OH excluding ortho intramolecular Hbond substituents is 1. The van der Waals surface area contributed by atoms with Crippen LogP contribution in [0.4, 0.5) is 0 Å². The van der Waals surface area contributed by atoms with Crippen molar-refractivity contribution >= 4 is 43.3 Å². The third-order valence-corrected chi connectivity index (χ3v) is 4.77. The summed E-state index contributed by atoms with van der Waals surface area (Å²) in [6.07, 6.45) is 0. The molecular weight excluding hydrogens is 364 g/mol. The van der Waals surface area contributed by atoms with Gasteiger partial charge in [0.2, 0.25) is 0 Å². The molecule has 0 saturated carbocycles. The van der Waals surface area contributed by atoms with Gasteiger partial charge in [-0.05, 0) is 40.4 Å². The third kappa shape index (κ3) is 2.29. The molecule has 116 valence electrons. The number of carbonyl (C=O) groups is 1. The van der Waals surface area contributed by atoms with E-state index in [2.05, 4.69) is 15.9 Å². The summed E-state index contributed by atoms with van der Waals surface area (Å²) in [7, 11) is 0. The summed E-state index contributed by atoms with van der Waals surface area (Å²) < 4.78 is 0.909. The fraction of sp³-hybridized carbons (Fsp3) is 0. The molecule has 0 bridgehead atoms. The Labute approximate surface area is 147 Å². The number of rotatable bonds is 2. The Morgan fingerprint density at radius 1 is 0.708 bits per heavy atom. The summed E-state index contributed by atoms with van der Waals surface area (Å²) in [5.74, 6) is -0.140. The van der Waals surface area contributed by atoms with E-state index in [0.29, 0.717) is 16.5 Å². The summed E-state index contributed by atoms with van der Waals surface area (Å²) >= 11 is 3.38. The van der Waals surface area contributed by atoms with Crippen LogP contribution in [0.3, 0.4) is 0 Å². The van der Waals surface area contributed by atoms with Gasteiger partial charge in [0.05, 0.1) is 5.56 Å². The molecule has 0 aliphatic carbocycles. The van der Waals surface area contributed by atoms with Crippen molar-refractivity contribution in [2.75, 3.05) is 0 Å². The molecule has 0 fully saturated rings. The predicted octanol–water partition coefficient (Wildman–Crippen LogP) is 5.69. The van der Waals surface area contributed by atoms with Crippen LogP contribution >= 0.6 is 15.9 Å². The SMILES string of the molecule is O=C(c1ccc(Br)cc1)c1c(O)c2ccccc2c2ccccc12. The van der Waals surface area contributed by atoms with Crippen molar-refractivity contribution in [1.82, 2.24) is 0 Å². The van der Waals surface area contributed by atoms with Crippen LogP contribution in [0.15, 0.2) is 77.3 Å². The lowest BCUT2D eigenvalue weighted by Crippen LogP contribution is -2.03. The van der Waals surface area contributed by atoms with Crippen molar-refractivity contribution in [3.8, 4) is 5.75 Å². The van der Waals surface area contributed by atoms with Gasteiger partial charge in [0, 0.05) is 15.4 Å². The molecule has 0 spiro atoms. The van der Waals surface area contributed by atoms with Crippen molar-refractivity contribution < 1.29 is 9.90 Å². The molecule has 0 aliphatic heterocycles. The molecule has 0 heterocycles. The van der Waals surface area contributed by atoms with Gasteiger partial charge in [-0.1, -0.05) is 64.5 Å². The standard InChI is InChI=1S/C21H13BrO2/c22-14-11-9-13(10-12-14)20(23)19-17-7-3-1-5-15(17)16-6-2-4-8-18(16)21(19)24/h1-12,24H. The molecule has 0 radical (unpaired) electrons. The van der Waals surface area contributed by atoms with Gasteiger partial charge in [0.15, 0.2) is 5.78 Å². The van der Waals surface area contributed by atoms with Crippen LogP contribution in [0.25, 0.3) is 21.5 Å². The minimum Gasteiger partial charge on any atom is -0.507 e. The van der Waals surface area contributed by atoms with Crippen molar-refractivity contribution in [1.29, 1.82) is 0 Å². The number of ketones is 1. The molecule has 1 N–H and O–H groups in total. The predicted molar refractivity (Wildman–Crippen MR) is 101 cm³/mol. The minimum atomic E-state index is -0.179. The third-order valence-electron chi connectivity index (χ3n) is 4.24. The monoisotopic (exact) mass is 376 g/mol. The first-order valence-corrected chi connectivity index (χ1v) is 8.39. The zero-order valence-electron chi connectivity index (χ0n) is 12.7. The van der Waals surface area contributed by atoms with Gasteiger partial charge in [-0.15, -0.1) is 0 Å². The molecule has 4 aromatic carbocycles. The highest BCUT2D eigenvalue weighted by atomic mass is 79.9. The van der Waals surface area contributed by atoms with Gasteiger partial charge < -0.3 is 5.11 Å². The van der Waals surface area contributed by atoms with Crippen LogP contribution in [0.2, 0.25) is 0 Å². The number of aromatic hydroxyl groups is 1. The van der Waals surface area contributed by atoms with Crippen LogP contribution in [0.1, 0.15) is 15.9 Å². The lowest BCUT2D eigenvalue weighted by Gasteiger charge is -2.13. The second kappa shape index (κ2) is 5.77. The first kappa shape index (κ1) is 14.9. The second-order valence-electron chi connectivity index (χ2n) is 5.65. The molecule has 0 saturated heterocycles. The number of fused-ring (bicyclic) bond motifs is 3. The molecule has 0 aliphatic rings. The Morgan fingerprint density at radius 3 is 1.83 bits per heavy atom. The molecule has 0 unspecified atom stereocenters. The quantitative estimate of drug-likeness (QED) is 0.360. The van der Waals surface area contributed by atoms with Crippen molar-refractivity contribution in [3.63, 3.8) is 0 Å². The average Bonchev–Trinajstić information content (AvgIpc) is 2.62. The molecule has 2 nitrogen and oxygen atoms in total. The highest BCUT2D eigenvalue weighted by Crippen LogP contribution is 2.38. The van der Waals surface area contributed by atoms with E-state index in [9.17, 15) is 9.90 Å². The van der Waals surface area contributed by atoms with Crippen LogP contribution in [0.5, 0.6) is 5.75 Å². The average molecular weight is 377 g/mol. The zero-order chi connectivity index (χ0) is 16.7. The normalized spacial score (nSPS) is 11.0. The van der Waals surface area contributed by atoms with Gasteiger partial charge >= 0.3 is 0 Å². The molecule has 4 aromatic rings. The van der Waals surface area contributed by atoms with Gasteiger partial charge in [-0.25, -0.2) is 0 Å². The number of carbonyl (C=O) groups excluding carboxylic acids is 1. The highest BCUT2D eigenvalue weighted by molar-refractivity contribution is 9.10. The first-order chi connectivity index (χ1) is 11.7. The Morgan fingerprint density at radius 2 is 1.21 bits per heavy atom. The zero-order valence-corrected chi connectivity index (χ0v) is 14.2. The van der Waals surface area contributed by atoms with E-state index in [0.717, 1.165) is 20.6 Å². The first-order valence-electron chi connectivity index (χ1n) is 7.59. The largest absolute Gasteiger partial charge is 0.507 e. The summed E-state index contributed by atoms with van der Waals surface area (Å²) in [5, 5.41) is 14.2. The fourth-order valence-electron chi connectivity index (χ4n) is 3.10. The lowest BCUT2D eigenvalue weighted by atomic mass is 9.91. The van der Waals surface area contributed by atoms with Crippen molar-refractivity contribution in [2.45, 2.75) is 0 Å². The molecule has 4 rings (SSSR count). The molecule has 24 heavy (non-hydrogen) atoms.